The number of piperazine rings is 1. The van der Waals surface area contributed by atoms with Gasteiger partial charge >= 0.3 is 12.2 Å². The van der Waals surface area contributed by atoms with Crippen molar-refractivity contribution in [1.29, 1.82) is 0 Å². The van der Waals surface area contributed by atoms with E-state index in [4.69, 9.17) is 0 Å². The molecule has 3 amide bonds. The Morgan fingerprint density at radius 2 is 1.58 bits per heavy atom. The van der Waals surface area contributed by atoms with Crippen LogP contribution in [-0.2, 0) is 21.0 Å². The zero-order valence-electron chi connectivity index (χ0n) is 18.2. The SMILES string of the molecule is O=C(NCCC(=O)N1CCN(S(=O)(=O)c2ccc(C(F)(F)F)cc2)CC1)NC1CCCCC1. The van der Waals surface area contributed by atoms with Gasteiger partial charge in [-0.2, -0.15) is 17.5 Å². The fraction of sp³-hybridized carbons (Fsp3) is 0.619. The Kier molecular flexibility index (Phi) is 8.22. The van der Waals surface area contributed by atoms with Crippen LogP contribution in [0, 0.1) is 0 Å². The second kappa shape index (κ2) is 10.7. The average molecular weight is 491 g/mol. The molecule has 0 atom stereocenters. The number of carbonyl (C=O) groups is 2. The standard InChI is InChI=1S/C21H29F3N4O4S/c22-21(23,24)16-6-8-18(9-7-16)33(31,32)28-14-12-27(13-15-28)19(29)10-11-25-20(30)26-17-4-2-1-3-5-17/h6-9,17H,1-5,10-15H2,(H2,25,26,30). The molecule has 0 bridgehead atoms. The molecule has 1 aliphatic heterocycles. The molecule has 0 spiro atoms. The Balaban J connectivity index is 1.43. The monoisotopic (exact) mass is 490 g/mol. The van der Waals surface area contributed by atoms with E-state index in [2.05, 4.69) is 10.6 Å². The number of carbonyl (C=O) groups excluding carboxylic acids is 2. The summed E-state index contributed by atoms with van der Waals surface area (Å²) in [7, 11) is -3.95. The van der Waals surface area contributed by atoms with Gasteiger partial charge < -0.3 is 15.5 Å². The van der Waals surface area contributed by atoms with Gasteiger partial charge in [0.25, 0.3) is 0 Å². The van der Waals surface area contributed by atoms with Crippen LogP contribution < -0.4 is 10.6 Å². The number of halogens is 3. The summed E-state index contributed by atoms with van der Waals surface area (Å²) in [5.74, 6) is -0.195. The highest BCUT2D eigenvalue weighted by atomic mass is 32.2. The number of urea groups is 1. The number of nitrogens with zero attached hydrogens (tertiary/aromatic N) is 2. The lowest BCUT2D eigenvalue weighted by Gasteiger charge is -2.34. The van der Waals surface area contributed by atoms with Crippen molar-refractivity contribution in [2.24, 2.45) is 0 Å². The van der Waals surface area contributed by atoms with E-state index < -0.39 is 21.8 Å². The number of sulfonamides is 1. The highest BCUT2D eigenvalue weighted by Gasteiger charge is 2.33. The third-order valence-electron chi connectivity index (χ3n) is 5.98. The van der Waals surface area contributed by atoms with Crippen molar-refractivity contribution in [3.8, 4) is 0 Å². The number of amides is 3. The Morgan fingerprint density at radius 3 is 2.15 bits per heavy atom. The zero-order chi connectivity index (χ0) is 24.1. The van der Waals surface area contributed by atoms with Gasteiger partial charge in [0.1, 0.15) is 0 Å². The van der Waals surface area contributed by atoms with Crippen LogP contribution in [0.5, 0.6) is 0 Å². The summed E-state index contributed by atoms with van der Waals surface area (Å²) in [6, 6.07) is 3.25. The second-order valence-corrected chi connectivity index (χ2v) is 10.2. The fourth-order valence-corrected chi connectivity index (χ4v) is 5.49. The predicted molar refractivity (Wildman–Crippen MR) is 115 cm³/mol. The third-order valence-corrected chi connectivity index (χ3v) is 7.89. The first-order valence-electron chi connectivity index (χ1n) is 11.1. The highest BCUT2D eigenvalue weighted by molar-refractivity contribution is 7.89. The molecule has 1 aromatic carbocycles. The first kappa shape index (κ1) is 25.3. The van der Waals surface area contributed by atoms with Crippen molar-refractivity contribution >= 4 is 22.0 Å². The summed E-state index contributed by atoms with van der Waals surface area (Å²) in [4.78, 5) is 25.7. The van der Waals surface area contributed by atoms with Gasteiger partial charge in [-0.15, -0.1) is 0 Å². The van der Waals surface area contributed by atoms with Crippen LogP contribution in [0.15, 0.2) is 29.2 Å². The molecular formula is C21H29F3N4O4S. The van der Waals surface area contributed by atoms with Crippen molar-refractivity contribution < 1.29 is 31.2 Å². The minimum absolute atomic E-state index is 0.0463. The van der Waals surface area contributed by atoms with Gasteiger partial charge in [-0.25, -0.2) is 13.2 Å². The second-order valence-electron chi connectivity index (χ2n) is 8.29. The minimum Gasteiger partial charge on any atom is -0.340 e. The van der Waals surface area contributed by atoms with E-state index in [0.29, 0.717) is 0 Å². The van der Waals surface area contributed by atoms with Crippen LogP contribution in [0.1, 0.15) is 44.1 Å². The first-order valence-corrected chi connectivity index (χ1v) is 12.5. The summed E-state index contributed by atoms with van der Waals surface area (Å²) < 4.78 is 64.7. The number of benzene rings is 1. The molecule has 8 nitrogen and oxygen atoms in total. The summed E-state index contributed by atoms with van der Waals surface area (Å²) in [5.41, 5.74) is -0.919. The lowest BCUT2D eigenvalue weighted by Crippen LogP contribution is -2.51. The van der Waals surface area contributed by atoms with E-state index in [1.165, 1.54) is 11.3 Å². The van der Waals surface area contributed by atoms with Crippen molar-refractivity contribution in [1.82, 2.24) is 19.8 Å². The fourth-order valence-electron chi connectivity index (χ4n) is 4.07. The number of nitrogens with one attached hydrogen (secondary N) is 2. The van der Waals surface area contributed by atoms with E-state index in [1.54, 1.807) is 0 Å². The quantitative estimate of drug-likeness (QED) is 0.640. The zero-order valence-corrected chi connectivity index (χ0v) is 19.1. The molecule has 0 radical (unpaired) electrons. The molecule has 33 heavy (non-hydrogen) atoms. The smallest absolute Gasteiger partial charge is 0.340 e. The van der Waals surface area contributed by atoms with E-state index in [-0.39, 0.29) is 62.0 Å². The Labute approximate surface area is 191 Å². The average Bonchev–Trinajstić information content (AvgIpc) is 2.79. The first-order chi connectivity index (χ1) is 15.6. The molecule has 1 aromatic rings. The molecule has 1 aliphatic carbocycles. The Hall–Kier alpha value is -2.34. The molecule has 0 unspecified atom stereocenters. The van der Waals surface area contributed by atoms with Crippen LogP contribution >= 0.6 is 0 Å². The van der Waals surface area contributed by atoms with Gasteiger partial charge in [-0.3, -0.25) is 4.79 Å². The number of alkyl halides is 3. The maximum absolute atomic E-state index is 12.7. The molecule has 3 rings (SSSR count). The maximum Gasteiger partial charge on any atom is 0.416 e. The van der Waals surface area contributed by atoms with Crippen LogP contribution in [0.25, 0.3) is 0 Å². The molecule has 1 saturated carbocycles. The van der Waals surface area contributed by atoms with Crippen molar-refractivity contribution in [2.75, 3.05) is 32.7 Å². The predicted octanol–water partition coefficient (Wildman–Crippen LogP) is 2.56. The van der Waals surface area contributed by atoms with Gasteiger partial charge in [-0.1, -0.05) is 19.3 Å². The van der Waals surface area contributed by atoms with Gasteiger partial charge in [0.2, 0.25) is 15.9 Å². The topological polar surface area (TPSA) is 98.8 Å². The lowest BCUT2D eigenvalue weighted by molar-refractivity contribution is -0.137. The molecule has 0 aromatic heterocycles. The van der Waals surface area contributed by atoms with Crippen LogP contribution in [-0.4, -0.2) is 68.3 Å². The van der Waals surface area contributed by atoms with E-state index in [1.807, 2.05) is 0 Å². The van der Waals surface area contributed by atoms with Crippen LogP contribution in [0.2, 0.25) is 0 Å². The third kappa shape index (κ3) is 6.83. The Bertz CT molecular complexity index is 924. The molecule has 2 fully saturated rings. The normalized spacial score (nSPS) is 18.7. The molecule has 2 N–H and O–H groups in total. The van der Waals surface area contributed by atoms with E-state index in [0.717, 1.165) is 54.3 Å². The summed E-state index contributed by atoms with van der Waals surface area (Å²) in [6.07, 6.45) is 0.878. The van der Waals surface area contributed by atoms with Crippen LogP contribution in [0.4, 0.5) is 18.0 Å². The van der Waals surface area contributed by atoms with Gasteiger partial charge in [0.15, 0.2) is 0 Å². The Morgan fingerprint density at radius 1 is 0.970 bits per heavy atom. The van der Waals surface area contributed by atoms with Gasteiger partial charge in [-0.05, 0) is 37.1 Å². The van der Waals surface area contributed by atoms with Gasteiger partial charge in [0, 0.05) is 45.2 Å². The van der Waals surface area contributed by atoms with Crippen molar-refractivity contribution in [2.45, 2.75) is 55.6 Å². The number of rotatable bonds is 6. The summed E-state index contributed by atoms with van der Waals surface area (Å²) in [6.45, 7) is 0.622. The summed E-state index contributed by atoms with van der Waals surface area (Å²) >= 11 is 0. The molecule has 12 heteroatoms. The van der Waals surface area contributed by atoms with Crippen LogP contribution in [0.3, 0.4) is 0 Å². The molecule has 1 heterocycles. The number of hydrogen-bond acceptors (Lipinski definition) is 4. The van der Waals surface area contributed by atoms with E-state index >= 15 is 0 Å². The van der Waals surface area contributed by atoms with E-state index in [9.17, 15) is 31.2 Å². The highest BCUT2D eigenvalue weighted by Crippen LogP contribution is 2.30. The maximum atomic E-state index is 12.7. The molecule has 2 aliphatic rings. The van der Waals surface area contributed by atoms with Gasteiger partial charge in [0.05, 0.1) is 10.5 Å². The summed E-state index contributed by atoms with van der Waals surface area (Å²) in [5, 5.41) is 5.60. The molecular weight excluding hydrogens is 461 g/mol. The molecule has 1 saturated heterocycles. The lowest BCUT2D eigenvalue weighted by atomic mass is 9.96. The minimum atomic E-state index is -4.54. The van der Waals surface area contributed by atoms with Crippen molar-refractivity contribution in [3.63, 3.8) is 0 Å². The van der Waals surface area contributed by atoms with Crippen molar-refractivity contribution in [3.05, 3.63) is 29.8 Å². The molecule has 184 valence electrons. The number of hydrogen-bond donors (Lipinski definition) is 2. The largest absolute Gasteiger partial charge is 0.416 e.